The van der Waals surface area contributed by atoms with Crippen molar-refractivity contribution in [3.05, 3.63) is 65.7 Å². The zero-order chi connectivity index (χ0) is 19.2. The van der Waals surface area contributed by atoms with E-state index in [-0.39, 0.29) is 10.0 Å². The molecule has 0 saturated heterocycles. The third-order valence-electron chi connectivity index (χ3n) is 3.59. The van der Waals surface area contributed by atoms with Crippen molar-refractivity contribution < 1.29 is 18.3 Å². The lowest BCUT2D eigenvalue weighted by Crippen LogP contribution is -2.46. The largest absolute Gasteiger partial charge is 0.480 e. The van der Waals surface area contributed by atoms with Gasteiger partial charge in [-0.1, -0.05) is 42.5 Å². The van der Waals surface area contributed by atoms with E-state index in [1.165, 1.54) is 12.1 Å². The number of benzene rings is 2. The van der Waals surface area contributed by atoms with Crippen LogP contribution >= 0.6 is 12.2 Å². The monoisotopic (exact) mass is 393 g/mol. The Morgan fingerprint density at radius 1 is 1.08 bits per heavy atom. The normalized spacial score (nSPS) is 12.2. The van der Waals surface area contributed by atoms with Crippen molar-refractivity contribution in [3.63, 3.8) is 0 Å². The smallest absolute Gasteiger partial charge is 0.326 e. The molecule has 2 aromatic carbocycles. The first-order valence-corrected chi connectivity index (χ1v) is 9.64. The molecular formula is C17H19N3O4S2. The van der Waals surface area contributed by atoms with Gasteiger partial charge in [-0.05, 0) is 35.5 Å². The number of primary sulfonamides is 1. The molecule has 26 heavy (non-hydrogen) atoms. The number of hydrogen-bond acceptors (Lipinski definition) is 4. The average Bonchev–Trinajstić information content (AvgIpc) is 2.60. The number of aliphatic carboxylic acids is 1. The summed E-state index contributed by atoms with van der Waals surface area (Å²) in [4.78, 5) is 11.5. The molecule has 0 aliphatic heterocycles. The standard InChI is InChI=1S/C17H19N3O4S2/c18-26(23,24)14-8-6-13(7-9-14)11-19-17(25)20-15(16(21)22)10-12-4-2-1-3-5-12/h1-9,15H,10-11H2,(H,21,22)(H2,18,23,24)(H2,19,20,25)/t15-/m1/s1. The maximum absolute atomic E-state index is 11.4. The summed E-state index contributed by atoms with van der Waals surface area (Å²) in [5, 5.41) is 20.3. The topological polar surface area (TPSA) is 122 Å². The van der Waals surface area contributed by atoms with Gasteiger partial charge < -0.3 is 15.7 Å². The van der Waals surface area contributed by atoms with Crippen LogP contribution in [-0.4, -0.2) is 30.6 Å². The average molecular weight is 393 g/mol. The van der Waals surface area contributed by atoms with Gasteiger partial charge in [0.2, 0.25) is 10.0 Å². The van der Waals surface area contributed by atoms with Gasteiger partial charge in [0.25, 0.3) is 0 Å². The Morgan fingerprint density at radius 2 is 1.69 bits per heavy atom. The molecule has 2 aromatic rings. The molecular weight excluding hydrogens is 374 g/mol. The first-order chi connectivity index (χ1) is 12.3. The summed E-state index contributed by atoms with van der Waals surface area (Å²) in [7, 11) is -3.73. The van der Waals surface area contributed by atoms with E-state index in [4.69, 9.17) is 17.4 Å². The number of nitrogens with two attached hydrogens (primary N) is 1. The van der Waals surface area contributed by atoms with Crippen LogP contribution in [0.1, 0.15) is 11.1 Å². The van der Waals surface area contributed by atoms with Crippen molar-refractivity contribution in [2.45, 2.75) is 23.9 Å². The molecule has 0 amide bonds. The molecule has 1 atom stereocenters. The van der Waals surface area contributed by atoms with Crippen LogP contribution in [-0.2, 0) is 27.8 Å². The predicted octanol–water partition coefficient (Wildman–Crippen LogP) is 0.994. The Kier molecular flexibility index (Phi) is 6.67. The lowest BCUT2D eigenvalue weighted by molar-refractivity contribution is -0.139. The highest BCUT2D eigenvalue weighted by Crippen LogP contribution is 2.08. The minimum Gasteiger partial charge on any atom is -0.480 e. The van der Waals surface area contributed by atoms with Crippen LogP contribution in [0.2, 0.25) is 0 Å². The molecule has 0 unspecified atom stereocenters. The SMILES string of the molecule is NS(=O)(=O)c1ccc(CNC(=S)N[C@H](Cc2ccccc2)C(=O)O)cc1. The number of rotatable bonds is 7. The summed E-state index contributed by atoms with van der Waals surface area (Å²) in [5.41, 5.74) is 1.66. The number of carboxylic acid groups (broad SMARTS) is 1. The second-order valence-electron chi connectivity index (χ2n) is 5.60. The second-order valence-corrected chi connectivity index (χ2v) is 7.57. The van der Waals surface area contributed by atoms with Crippen LogP contribution in [0.4, 0.5) is 0 Å². The van der Waals surface area contributed by atoms with Crippen molar-refractivity contribution in [1.82, 2.24) is 10.6 Å². The Morgan fingerprint density at radius 3 is 2.23 bits per heavy atom. The van der Waals surface area contributed by atoms with Gasteiger partial charge in [0, 0.05) is 13.0 Å². The van der Waals surface area contributed by atoms with Crippen molar-refractivity contribution in [2.24, 2.45) is 5.14 Å². The van der Waals surface area contributed by atoms with E-state index < -0.39 is 22.0 Å². The van der Waals surface area contributed by atoms with Crippen molar-refractivity contribution >= 4 is 33.3 Å². The summed E-state index contributed by atoms with van der Waals surface area (Å²) < 4.78 is 22.4. The third kappa shape index (κ3) is 6.10. The fourth-order valence-electron chi connectivity index (χ4n) is 2.24. The molecule has 0 fully saturated rings. The van der Waals surface area contributed by atoms with Crippen LogP contribution < -0.4 is 15.8 Å². The highest BCUT2D eigenvalue weighted by molar-refractivity contribution is 7.89. The van der Waals surface area contributed by atoms with Gasteiger partial charge in [0.05, 0.1) is 4.90 Å². The quantitative estimate of drug-likeness (QED) is 0.518. The molecule has 0 radical (unpaired) electrons. The molecule has 0 aliphatic carbocycles. The van der Waals surface area contributed by atoms with Gasteiger partial charge in [-0.2, -0.15) is 0 Å². The van der Waals surface area contributed by atoms with Gasteiger partial charge in [-0.3, -0.25) is 0 Å². The summed E-state index contributed by atoms with van der Waals surface area (Å²) >= 11 is 5.15. The maximum Gasteiger partial charge on any atom is 0.326 e. The van der Waals surface area contributed by atoms with Crippen LogP contribution in [0, 0.1) is 0 Å². The number of carbonyl (C=O) groups is 1. The molecule has 0 saturated carbocycles. The highest BCUT2D eigenvalue weighted by Gasteiger charge is 2.18. The molecule has 2 rings (SSSR count). The Balaban J connectivity index is 1.91. The Bertz CT molecular complexity index is 869. The Labute approximate surface area is 157 Å². The minimum absolute atomic E-state index is 0.0238. The molecule has 0 bridgehead atoms. The predicted molar refractivity (Wildman–Crippen MR) is 102 cm³/mol. The van der Waals surface area contributed by atoms with Crippen LogP contribution in [0.25, 0.3) is 0 Å². The maximum atomic E-state index is 11.4. The molecule has 9 heteroatoms. The lowest BCUT2D eigenvalue weighted by atomic mass is 10.1. The zero-order valence-corrected chi connectivity index (χ0v) is 15.4. The number of nitrogens with one attached hydrogen (secondary N) is 2. The molecule has 0 aliphatic rings. The van der Waals surface area contributed by atoms with E-state index in [9.17, 15) is 18.3 Å². The van der Waals surface area contributed by atoms with E-state index in [1.54, 1.807) is 12.1 Å². The van der Waals surface area contributed by atoms with Crippen LogP contribution in [0.15, 0.2) is 59.5 Å². The van der Waals surface area contributed by atoms with Gasteiger partial charge in [-0.15, -0.1) is 0 Å². The summed E-state index contributed by atoms with van der Waals surface area (Å²) in [5.74, 6) is -1.00. The molecule has 0 aromatic heterocycles. The van der Waals surface area contributed by atoms with Crippen LogP contribution in [0.3, 0.4) is 0 Å². The molecule has 0 spiro atoms. The van der Waals surface area contributed by atoms with Crippen molar-refractivity contribution in [3.8, 4) is 0 Å². The minimum atomic E-state index is -3.73. The first kappa shape index (κ1) is 19.8. The van der Waals surface area contributed by atoms with Gasteiger partial charge in [-0.25, -0.2) is 18.4 Å². The van der Waals surface area contributed by atoms with E-state index >= 15 is 0 Å². The highest BCUT2D eigenvalue weighted by atomic mass is 32.2. The molecule has 5 N–H and O–H groups in total. The van der Waals surface area contributed by atoms with Crippen molar-refractivity contribution in [1.29, 1.82) is 0 Å². The van der Waals surface area contributed by atoms with Gasteiger partial charge in [0.1, 0.15) is 6.04 Å². The van der Waals surface area contributed by atoms with E-state index in [0.29, 0.717) is 13.0 Å². The molecule has 138 valence electrons. The van der Waals surface area contributed by atoms with E-state index in [2.05, 4.69) is 10.6 Å². The van der Waals surface area contributed by atoms with Crippen LogP contribution in [0.5, 0.6) is 0 Å². The number of sulfonamides is 1. The second kappa shape index (κ2) is 8.75. The summed E-state index contributed by atoms with van der Waals surface area (Å²) in [6.07, 6.45) is 0.293. The van der Waals surface area contributed by atoms with E-state index in [1.807, 2.05) is 30.3 Å². The number of thiocarbonyl (C=S) groups is 1. The van der Waals surface area contributed by atoms with Gasteiger partial charge >= 0.3 is 5.97 Å². The fourth-order valence-corrected chi connectivity index (χ4v) is 2.97. The van der Waals surface area contributed by atoms with E-state index in [0.717, 1.165) is 11.1 Å². The molecule has 7 nitrogen and oxygen atoms in total. The summed E-state index contributed by atoms with van der Waals surface area (Å²) in [6.45, 7) is 0.314. The van der Waals surface area contributed by atoms with Crippen molar-refractivity contribution in [2.75, 3.05) is 0 Å². The third-order valence-corrected chi connectivity index (χ3v) is 4.78. The molecule has 0 heterocycles. The number of hydrogen-bond donors (Lipinski definition) is 4. The Hall–Kier alpha value is -2.49. The zero-order valence-electron chi connectivity index (χ0n) is 13.8. The first-order valence-electron chi connectivity index (χ1n) is 7.68. The number of carboxylic acids is 1. The lowest BCUT2D eigenvalue weighted by Gasteiger charge is -2.17. The fraction of sp³-hybridized carbons (Fsp3) is 0.176. The van der Waals surface area contributed by atoms with Gasteiger partial charge in [0.15, 0.2) is 5.11 Å². The summed E-state index contributed by atoms with van der Waals surface area (Å²) in [6, 6.07) is 14.4.